The van der Waals surface area contributed by atoms with E-state index in [0.29, 0.717) is 13.1 Å². The maximum atomic E-state index is 11.1. The Morgan fingerprint density at radius 1 is 1.29 bits per heavy atom. The number of hydrazine groups is 1. The zero-order valence-electron chi connectivity index (χ0n) is 9.68. The Labute approximate surface area is 85.8 Å². The van der Waals surface area contributed by atoms with Crippen LogP contribution >= 0.6 is 0 Å². The third-order valence-corrected chi connectivity index (χ3v) is 1.22. The predicted molar refractivity (Wildman–Crippen MR) is 55.9 cm³/mol. The lowest BCUT2D eigenvalue weighted by Crippen LogP contribution is -2.39. The van der Waals surface area contributed by atoms with Crippen molar-refractivity contribution in [1.82, 2.24) is 15.8 Å². The van der Waals surface area contributed by atoms with Crippen LogP contribution in [0, 0.1) is 0 Å². The molecule has 14 heavy (non-hydrogen) atoms. The molecule has 0 rings (SSSR count). The van der Waals surface area contributed by atoms with Gasteiger partial charge in [0.05, 0.1) is 0 Å². The van der Waals surface area contributed by atoms with E-state index >= 15 is 0 Å². The van der Waals surface area contributed by atoms with Gasteiger partial charge >= 0.3 is 6.09 Å². The standard InChI is InChI=1S/C9H21N3O2/c1-9(2,3)14-8(13)10-6-7-11-12(4)5/h11H,6-7H2,1-5H3,(H,10,13). The summed E-state index contributed by atoms with van der Waals surface area (Å²) in [5.41, 5.74) is 2.60. The lowest BCUT2D eigenvalue weighted by Gasteiger charge is -2.20. The van der Waals surface area contributed by atoms with Crippen molar-refractivity contribution < 1.29 is 9.53 Å². The van der Waals surface area contributed by atoms with Crippen LogP contribution in [0.1, 0.15) is 20.8 Å². The molecule has 2 N–H and O–H groups in total. The van der Waals surface area contributed by atoms with Gasteiger partial charge in [-0.2, -0.15) is 0 Å². The number of alkyl carbamates (subject to hydrolysis) is 1. The molecule has 0 saturated carbocycles. The molecular weight excluding hydrogens is 182 g/mol. The Bertz CT molecular complexity index is 175. The number of nitrogens with zero attached hydrogens (tertiary/aromatic N) is 1. The van der Waals surface area contributed by atoms with E-state index in [4.69, 9.17) is 4.74 Å². The third kappa shape index (κ3) is 9.28. The van der Waals surface area contributed by atoms with Crippen LogP contribution < -0.4 is 10.7 Å². The summed E-state index contributed by atoms with van der Waals surface area (Å²) in [6.45, 7) is 6.75. The van der Waals surface area contributed by atoms with Gasteiger partial charge in [0.1, 0.15) is 5.60 Å². The summed E-state index contributed by atoms with van der Waals surface area (Å²) in [5.74, 6) is 0. The molecule has 0 bridgehead atoms. The van der Waals surface area contributed by atoms with E-state index in [1.165, 1.54) is 0 Å². The minimum atomic E-state index is -0.431. The Balaban J connectivity index is 3.46. The number of amides is 1. The van der Waals surface area contributed by atoms with Crippen molar-refractivity contribution in [2.75, 3.05) is 27.2 Å². The molecule has 0 radical (unpaired) electrons. The molecule has 0 atom stereocenters. The molecule has 0 aromatic heterocycles. The first kappa shape index (κ1) is 13.2. The summed E-state index contributed by atoms with van der Waals surface area (Å²) < 4.78 is 5.05. The summed E-state index contributed by atoms with van der Waals surface area (Å²) in [6.07, 6.45) is -0.377. The smallest absolute Gasteiger partial charge is 0.407 e. The van der Waals surface area contributed by atoms with Gasteiger partial charge in [-0.05, 0) is 20.8 Å². The highest BCUT2D eigenvalue weighted by Gasteiger charge is 2.15. The minimum absolute atomic E-state index is 0.377. The van der Waals surface area contributed by atoms with Gasteiger partial charge in [-0.1, -0.05) is 0 Å². The molecule has 0 unspecified atom stereocenters. The second-order valence-corrected chi connectivity index (χ2v) is 4.23. The Morgan fingerprint density at radius 3 is 2.29 bits per heavy atom. The normalized spacial score (nSPS) is 11.6. The van der Waals surface area contributed by atoms with Crippen molar-refractivity contribution in [3.63, 3.8) is 0 Å². The van der Waals surface area contributed by atoms with Crippen LogP contribution in [0.5, 0.6) is 0 Å². The van der Waals surface area contributed by atoms with Crippen LogP contribution in [-0.4, -0.2) is 43.9 Å². The van der Waals surface area contributed by atoms with Crippen molar-refractivity contribution in [3.05, 3.63) is 0 Å². The van der Waals surface area contributed by atoms with Gasteiger partial charge in [0.15, 0.2) is 0 Å². The average molecular weight is 203 g/mol. The van der Waals surface area contributed by atoms with Crippen molar-refractivity contribution in [1.29, 1.82) is 0 Å². The molecule has 5 heteroatoms. The summed E-state index contributed by atoms with van der Waals surface area (Å²) in [7, 11) is 3.79. The van der Waals surface area contributed by atoms with Gasteiger partial charge in [0.25, 0.3) is 0 Å². The van der Waals surface area contributed by atoms with E-state index < -0.39 is 5.60 Å². The SMILES string of the molecule is CN(C)NCCNC(=O)OC(C)(C)C. The van der Waals surface area contributed by atoms with Gasteiger partial charge in [-0.3, -0.25) is 10.4 Å². The third-order valence-electron chi connectivity index (χ3n) is 1.22. The molecule has 0 aromatic rings. The molecule has 0 aliphatic rings. The molecule has 0 heterocycles. The first-order chi connectivity index (χ1) is 6.31. The van der Waals surface area contributed by atoms with Gasteiger partial charge in [0.2, 0.25) is 0 Å². The number of hydrogen-bond donors (Lipinski definition) is 2. The van der Waals surface area contributed by atoms with Gasteiger partial charge in [-0.15, -0.1) is 0 Å². The Kier molecular flexibility index (Phi) is 5.49. The van der Waals surface area contributed by atoms with Crippen molar-refractivity contribution in [2.45, 2.75) is 26.4 Å². The van der Waals surface area contributed by atoms with Crippen LogP contribution in [0.25, 0.3) is 0 Å². The number of carbonyl (C=O) groups excluding carboxylic acids is 1. The van der Waals surface area contributed by atoms with Gasteiger partial charge in [0, 0.05) is 27.2 Å². The van der Waals surface area contributed by atoms with Crippen molar-refractivity contribution >= 4 is 6.09 Å². The number of ether oxygens (including phenoxy) is 1. The molecule has 0 aromatic carbocycles. The van der Waals surface area contributed by atoms with Crippen LogP contribution in [-0.2, 0) is 4.74 Å². The monoisotopic (exact) mass is 203 g/mol. The largest absolute Gasteiger partial charge is 0.444 e. The predicted octanol–water partition coefficient (Wildman–Crippen LogP) is 0.577. The number of nitrogens with one attached hydrogen (secondary N) is 2. The number of carbonyl (C=O) groups is 1. The second-order valence-electron chi connectivity index (χ2n) is 4.23. The van der Waals surface area contributed by atoms with E-state index in [0.717, 1.165) is 0 Å². The lowest BCUT2D eigenvalue weighted by molar-refractivity contribution is 0.0526. The van der Waals surface area contributed by atoms with Gasteiger partial charge < -0.3 is 10.1 Å². The first-order valence-corrected chi connectivity index (χ1v) is 4.69. The molecular formula is C9H21N3O2. The molecule has 0 aliphatic heterocycles. The first-order valence-electron chi connectivity index (χ1n) is 4.69. The molecule has 84 valence electrons. The molecule has 1 amide bonds. The van der Waals surface area contributed by atoms with Gasteiger partial charge in [-0.25, -0.2) is 4.79 Å². The fraction of sp³-hybridized carbons (Fsp3) is 0.889. The average Bonchev–Trinajstić information content (AvgIpc) is 1.94. The summed E-state index contributed by atoms with van der Waals surface area (Å²) in [6, 6.07) is 0. The summed E-state index contributed by atoms with van der Waals surface area (Å²) in [4.78, 5) is 11.1. The lowest BCUT2D eigenvalue weighted by atomic mass is 10.2. The molecule has 5 nitrogen and oxygen atoms in total. The quantitative estimate of drug-likeness (QED) is 0.518. The van der Waals surface area contributed by atoms with Crippen LogP contribution in [0.15, 0.2) is 0 Å². The van der Waals surface area contributed by atoms with Crippen molar-refractivity contribution in [3.8, 4) is 0 Å². The highest BCUT2D eigenvalue weighted by Crippen LogP contribution is 2.05. The minimum Gasteiger partial charge on any atom is -0.444 e. The maximum Gasteiger partial charge on any atom is 0.407 e. The summed E-state index contributed by atoms with van der Waals surface area (Å²) in [5, 5.41) is 4.47. The summed E-state index contributed by atoms with van der Waals surface area (Å²) >= 11 is 0. The molecule has 0 saturated heterocycles. The highest BCUT2D eigenvalue weighted by atomic mass is 16.6. The van der Waals surface area contributed by atoms with E-state index in [1.807, 2.05) is 39.9 Å². The van der Waals surface area contributed by atoms with E-state index in [1.54, 1.807) is 0 Å². The molecule has 0 fully saturated rings. The number of rotatable bonds is 4. The fourth-order valence-corrected chi connectivity index (χ4v) is 0.758. The van der Waals surface area contributed by atoms with E-state index in [9.17, 15) is 4.79 Å². The topological polar surface area (TPSA) is 53.6 Å². The van der Waals surface area contributed by atoms with Crippen LogP contribution in [0.2, 0.25) is 0 Å². The Hall–Kier alpha value is -0.810. The zero-order valence-corrected chi connectivity index (χ0v) is 9.68. The highest BCUT2D eigenvalue weighted by molar-refractivity contribution is 5.67. The van der Waals surface area contributed by atoms with Crippen LogP contribution in [0.4, 0.5) is 4.79 Å². The second kappa shape index (κ2) is 5.82. The van der Waals surface area contributed by atoms with E-state index in [2.05, 4.69) is 10.7 Å². The maximum absolute atomic E-state index is 11.1. The molecule has 0 spiro atoms. The zero-order chi connectivity index (χ0) is 11.2. The Morgan fingerprint density at radius 2 is 1.86 bits per heavy atom. The molecule has 0 aliphatic carbocycles. The van der Waals surface area contributed by atoms with E-state index in [-0.39, 0.29) is 6.09 Å². The van der Waals surface area contributed by atoms with Crippen molar-refractivity contribution in [2.24, 2.45) is 0 Å². The fourth-order valence-electron chi connectivity index (χ4n) is 0.758. The van der Waals surface area contributed by atoms with Crippen LogP contribution in [0.3, 0.4) is 0 Å². The number of hydrogen-bond acceptors (Lipinski definition) is 4.